The molecule has 4 rings (SSSR count). The van der Waals surface area contributed by atoms with E-state index in [9.17, 15) is 9.59 Å². The van der Waals surface area contributed by atoms with Crippen LogP contribution in [0.3, 0.4) is 0 Å². The maximum atomic E-state index is 12.3. The van der Waals surface area contributed by atoms with Gasteiger partial charge in [-0.1, -0.05) is 0 Å². The van der Waals surface area contributed by atoms with E-state index in [1.807, 2.05) is 4.90 Å². The largest absolute Gasteiger partial charge is 0.370 e. The number of piperazine rings is 1. The first-order chi connectivity index (χ1) is 13.7. The summed E-state index contributed by atoms with van der Waals surface area (Å²) in [6, 6.07) is 1.80. The predicted octanol–water partition coefficient (Wildman–Crippen LogP) is -0.401. The summed E-state index contributed by atoms with van der Waals surface area (Å²) in [6.45, 7) is 8.82. The van der Waals surface area contributed by atoms with Crippen LogP contribution in [0.15, 0.2) is 10.9 Å². The third-order valence-corrected chi connectivity index (χ3v) is 6.14. The SMILES string of the molecule is O=C1COCCN1CCN1CCN(CCn2nc3c(cc2=O)CCCC3)CC1. The number of hydrogen-bond acceptors (Lipinski definition) is 6. The van der Waals surface area contributed by atoms with E-state index in [0.717, 1.165) is 69.9 Å². The molecule has 0 N–H and O–H groups in total. The van der Waals surface area contributed by atoms with Crippen molar-refractivity contribution < 1.29 is 9.53 Å². The summed E-state index contributed by atoms with van der Waals surface area (Å²) in [4.78, 5) is 30.8. The third kappa shape index (κ3) is 4.79. The quantitative estimate of drug-likeness (QED) is 0.659. The Morgan fingerprint density at radius 2 is 1.61 bits per heavy atom. The van der Waals surface area contributed by atoms with Gasteiger partial charge in [0.2, 0.25) is 5.91 Å². The Morgan fingerprint density at radius 1 is 0.893 bits per heavy atom. The summed E-state index contributed by atoms with van der Waals surface area (Å²) in [7, 11) is 0. The standard InChI is InChI=1S/C20H31N5O3/c26-19-15-17-3-1-2-4-18(17)21-25(19)12-10-23-7-5-22(6-8-23)9-11-24-13-14-28-16-20(24)27/h15H,1-14,16H2. The summed E-state index contributed by atoms with van der Waals surface area (Å²) in [5, 5.41) is 4.62. The van der Waals surface area contributed by atoms with Crippen molar-refractivity contribution in [3.05, 3.63) is 27.7 Å². The van der Waals surface area contributed by atoms with Crippen molar-refractivity contribution in [2.45, 2.75) is 32.2 Å². The van der Waals surface area contributed by atoms with Crippen LogP contribution < -0.4 is 5.56 Å². The van der Waals surface area contributed by atoms with E-state index < -0.39 is 0 Å². The zero-order valence-corrected chi connectivity index (χ0v) is 16.6. The number of rotatable bonds is 6. The molecule has 0 spiro atoms. The first kappa shape index (κ1) is 19.5. The molecule has 0 bridgehead atoms. The molecule has 2 aliphatic heterocycles. The molecule has 0 saturated carbocycles. The van der Waals surface area contributed by atoms with E-state index in [2.05, 4.69) is 14.9 Å². The summed E-state index contributed by atoms with van der Waals surface area (Å²) in [5.74, 6) is 0.105. The van der Waals surface area contributed by atoms with Gasteiger partial charge in [0, 0.05) is 58.4 Å². The zero-order chi connectivity index (χ0) is 19.3. The van der Waals surface area contributed by atoms with Gasteiger partial charge in [-0.2, -0.15) is 5.10 Å². The first-order valence-electron chi connectivity index (χ1n) is 10.6. The van der Waals surface area contributed by atoms with Crippen LogP contribution in [0.1, 0.15) is 24.1 Å². The molecule has 0 aromatic carbocycles. The second-order valence-corrected chi connectivity index (χ2v) is 8.00. The van der Waals surface area contributed by atoms with Crippen LogP contribution in [0.5, 0.6) is 0 Å². The average Bonchev–Trinajstić information content (AvgIpc) is 2.72. The molecule has 2 fully saturated rings. The highest BCUT2D eigenvalue weighted by molar-refractivity contribution is 5.77. The molecule has 0 unspecified atom stereocenters. The zero-order valence-electron chi connectivity index (χ0n) is 16.6. The van der Waals surface area contributed by atoms with Crippen LogP contribution >= 0.6 is 0 Å². The molecule has 3 aliphatic rings. The van der Waals surface area contributed by atoms with Crippen LogP contribution in [-0.2, 0) is 28.9 Å². The van der Waals surface area contributed by atoms with Gasteiger partial charge in [0.15, 0.2) is 0 Å². The van der Waals surface area contributed by atoms with Gasteiger partial charge in [-0.25, -0.2) is 4.68 Å². The van der Waals surface area contributed by atoms with E-state index in [-0.39, 0.29) is 18.1 Å². The molecule has 1 amide bonds. The summed E-state index contributed by atoms with van der Waals surface area (Å²) in [5.41, 5.74) is 2.31. The number of hydrogen-bond donors (Lipinski definition) is 0. The fraction of sp³-hybridized carbons (Fsp3) is 0.750. The average molecular weight is 390 g/mol. The molecule has 1 aromatic heterocycles. The van der Waals surface area contributed by atoms with Gasteiger partial charge in [0.25, 0.3) is 5.56 Å². The number of amides is 1. The predicted molar refractivity (Wildman–Crippen MR) is 105 cm³/mol. The number of morpholine rings is 1. The van der Waals surface area contributed by atoms with Crippen molar-refractivity contribution in [2.24, 2.45) is 0 Å². The number of carbonyl (C=O) groups is 1. The number of fused-ring (bicyclic) bond motifs is 1. The van der Waals surface area contributed by atoms with Crippen LogP contribution in [0.25, 0.3) is 0 Å². The second kappa shape index (κ2) is 9.15. The van der Waals surface area contributed by atoms with Crippen molar-refractivity contribution in [1.29, 1.82) is 0 Å². The lowest BCUT2D eigenvalue weighted by Crippen LogP contribution is -2.51. The molecular weight excluding hydrogens is 358 g/mol. The lowest BCUT2D eigenvalue weighted by atomic mass is 9.97. The third-order valence-electron chi connectivity index (χ3n) is 6.14. The van der Waals surface area contributed by atoms with Crippen molar-refractivity contribution in [3.8, 4) is 0 Å². The van der Waals surface area contributed by atoms with Crippen molar-refractivity contribution in [2.75, 3.05) is 65.6 Å². The van der Waals surface area contributed by atoms with Gasteiger partial charge in [-0.3, -0.25) is 19.4 Å². The van der Waals surface area contributed by atoms with Crippen LogP contribution in [0.4, 0.5) is 0 Å². The van der Waals surface area contributed by atoms with E-state index in [1.165, 1.54) is 12.8 Å². The molecule has 28 heavy (non-hydrogen) atoms. The van der Waals surface area contributed by atoms with Crippen molar-refractivity contribution in [3.63, 3.8) is 0 Å². The Bertz CT molecular complexity index is 742. The molecule has 1 aromatic rings. The minimum absolute atomic E-state index is 0.0365. The highest BCUT2D eigenvalue weighted by Gasteiger charge is 2.21. The van der Waals surface area contributed by atoms with Gasteiger partial charge in [-0.15, -0.1) is 0 Å². The lowest BCUT2D eigenvalue weighted by molar-refractivity contribution is -0.142. The molecule has 8 nitrogen and oxygen atoms in total. The number of aryl methyl sites for hydroxylation is 2. The Morgan fingerprint density at radius 3 is 2.36 bits per heavy atom. The highest BCUT2D eigenvalue weighted by atomic mass is 16.5. The van der Waals surface area contributed by atoms with E-state index in [4.69, 9.17) is 4.74 Å². The Kier molecular flexibility index (Phi) is 6.39. The van der Waals surface area contributed by atoms with Gasteiger partial charge in [0.1, 0.15) is 6.61 Å². The van der Waals surface area contributed by atoms with Crippen LogP contribution in [0.2, 0.25) is 0 Å². The number of ether oxygens (including phenoxy) is 1. The number of aromatic nitrogens is 2. The number of nitrogens with zero attached hydrogens (tertiary/aromatic N) is 5. The smallest absolute Gasteiger partial charge is 0.267 e. The van der Waals surface area contributed by atoms with Crippen LogP contribution in [0, 0.1) is 0 Å². The second-order valence-electron chi connectivity index (χ2n) is 8.00. The van der Waals surface area contributed by atoms with E-state index in [1.54, 1.807) is 10.7 Å². The van der Waals surface area contributed by atoms with Gasteiger partial charge >= 0.3 is 0 Å². The molecule has 0 atom stereocenters. The Balaban J connectivity index is 1.21. The summed E-state index contributed by atoms with van der Waals surface area (Å²) >= 11 is 0. The molecular formula is C20H31N5O3. The molecule has 1 aliphatic carbocycles. The maximum Gasteiger partial charge on any atom is 0.267 e. The Labute approximate surface area is 166 Å². The minimum atomic E-state index is 0.0365. The van der Waals surface area contributed by atoms with Crippen molar-refractivity contribution in [1.82, 2.24) is 24.5 Å². The maximum absolute atomic E-state index is 12.3. The fourth-order valence-corrected chi connectivity index (χ4v) is 4.28. The highest BCUT2D eigenvalue weighted by Crippen LogP contribution is 2.16. The lowest BCUT2D eigenvalue weighted by Gasteiger charge is -2.36. The number of carbonyl (C=O) groups excluding carboxylic acids is 1. The van der Waals surface area contributed by atoms with Gasteiger partial charge < -0.3 is 9.64 Å². The minimum Gasteiger partial charge on any atom is -0.370 e. The van der Waals surface area contributed by atoms with E-state index in [0.29, 0.717) is 19.7 Å². The molecule has 154 valence electrons. The van der Waals surface area contributed by atoms with Gasteiger partial charge in [-0.05, 0) is 31.2 Å². The van der Waals surface area contributed by atoms with Crippen molar-refractivity contribution >= 4 is 5.91 Å². The monoisotopic (exact) mass is 389 g/mol. The first-order valence-corrected chi connectivity index (χ1v) is 10.6. The Hall–Kier alpha value is -1.77. The molecule has 8 heteroatoms. The van der Waals surface area contributed by atoms with E-state index >= 15 is 0 Å². The van der Waals surface area contributed by atoms with Crippen LogP contribution in [-0.4, -0.2) is 96.0 Å². The molecule has 2 saturated heterocycles. The summed E-state index contributed by atoms with van der Waals surface area (Å²) in [6.07, 6.45) is 4.34. The van der Waals surface area contributed by atoms with Gasteiger partial charge in [0.05, 0.1) is 18.8 Å². The molecule has 3 heterocycles. The molecule has 0 radical (unpaired) electrons. The topological polar surface area (TPSA) is 70.9 Å². The fourth-order valence-electron chi connectivity index (χ4n) is 4.28. The normalized spacial score (nSPS) is 21.7. The summed E-state index contributed by atoms with van der Waals surface area (Å²) < 4.78 is 6.83.